The summed E-state index contributed by atoms with van der Waals surface area (Å²) < 4.78 is 0. The van der Waals surface area contributed by atoms with Crippen molar-refractivity contribution in [2.45, 2.75) is 6.42 Å². The molecule has 0 spiro atoms. The predicted molar refractivity (Wildman–Crippen MR) is 93.7 cm³/mol. The molecule has 0 saturated carbocycles. The largest absolute Gasteiger partial charge is 0.352 e. The van der Waals surface area contributed by atoms with Crippen LogP contribution in [0.5, 0.6) is 0 Å². The van der Waals surface area contributed by atoms with Crippen LogP contribution in [0.1, 0.15) is 27.0 Å². The van der Waals surface area contributed by atoms with Gasteiger partial charge in [0.15, 0.2) is 0 Å². The lowest BCUT2D eigenvalue weighted by Gasteiger charge is -2.11. The number of carbonyl (C=O) groups excluding carboxylic acids is 1. The molecule has 0 saturated heterocycles. The molecule has 2 aromatic rings. The van der Waals surface area contributed by atoms with E-state index in [0.717, 1.165) is 12.0 Å². The molecule has 0 atom stereocenters. The van der Waals surface area contributed by atoms with Crippen LogP contribution in [0.2, 0.25) is 0 Å². The fraction of sp³-hybridized carbons (Fsp3) is 0.100. The number of rotatable bonds is 6. The molecule has 0 heterocycles. The molecule has 0 radical (unpaired) electrons. The lowest BCUT2D eigenvalue weighted by molar-refractivity contribution is 0.0954. The molecule has 0 fully saturated rings. The maximum atomic E-state index is 12.5. The van der Waals surface area contributed by atoms with Crippen molar-refractivity contribution in [1.29, 1.82) is 5.26 Å². The second kappa shape index (κ2) is 8.35. The average Bonchev–Trinajstić information content (AvgIpc) is 2.60. The van der Waals surface area contributed by atoms with E-state index in [1.165, 1.54) is 11.6 Å². The molecule has 23 heavy (non-hydrogen) atoms. The van der Waals surface area contributed by atoms with Crippen LogP contribution >= 0.6 is 0 Å². The van der Waals surface area contributed by atoms with Crippen LogP contribution in [0.4, 0.5) is 0 Å². The van der Waals surface area contributed by atoms with Gasteiger partial charge in [-0.1, -0.05) is 61.2 Å². The van der Waals surface area contributed by atoms with Crippen molar-refractivity contribution in [1.82, 2.24) is 5.32 Å². The highest BCUT2D eigenvalue weighted by Gasteiger charge is 2.13. The van der Waals surface area contributed by atoms with Crippen LogP contribution in [-0.4, -0.2) is 12.5 Å². The summed E-state index contributed by atoms with van der Waals surface area (Å²) >= 11 is 0. The molecule has 0 aliphatic carbocycles. The quantitative estimate of drug-likeness (QED) is 0.824. The van der Waals surface area contributed by atoms with E-state index in [2.05, 4.69) is 11.9 Å². The first kappa shape index (κ1) is 16.3. The van der Waals surface area contributed by atoms with Gasteiger partial charge in [-0.2, -0.15) is 5.26 Å². The molecule has 114 valence electrons. The summed E-state index contributed by atoms with van der Waals surface area (Å²) in [6, 6.07) is 17.4. The van der Waals surface area contributed by atoms with Crippen molar-refractivity contribution >= 4 is 18.1 Å². The summed E-state index contributed by atoms with van der Waals surface area (Å²) in [5.74, 6) is -0.158. The Morgan fingerprint density at radius 1 is 1.13 bits per heavy atom. The minimum Gasteiger partial charge on any atom is -0.352 e. The summed E-state index contributed by atoms with van der Waals surface area (Å²) in [4.78, 5) is 12.5. The van der Waals surface area contributed by atoms with Gasteiger partial charge in [0.2, 0.25) is 0 Å². The standard InChI is InChI=1S/C20H18N2O/c1-2-17-10-6-11-18(12-7-14-21)19(17)20(23)22-15-13-16-8-4-3-5-9-16/h2-12H,1,13,15H2,(H,22,23). The number of hydrogen-bond donors (Lipinski definition) is 1. The minimum atomic E-state index is -0.158. The van der Waals surface area contributed by atoms with Crippen LogP contribution < -0.4 is 5.32 Å². The Bertz CT molecular complexity index is 755. The topological polar surface area (TPSA) is 52.9 Å². The van der Waals surface area contributed by atoms with Gasteiger partial charge < -0.3 is 5.32 Å². The number of nitrogens with zero attached hydrogens (tertiary/aromatic N) is 1. The molecular weight excluding hydrogens is 284 g/mol. The lowest BCUT2D eigenvalue weighted by atomic mass is 9.99. The summed E-state index contributed by atoms with van der Waals surface area (Å²) in [6.07, 6.45) is 5.42. The number of hydrogen-bond acceptors (Lipinski definition) is 2. The number of benzene rings is 2. The number of amides is 1. The molecule has 3 heteroatoms. The van der Waals surface area contributed by atoms with Gasteiger partial charge >= 0.3 is 0 Å². The van der Waals surface area contributed by atoms with E-state index in [1.807, 2.05) is 54.6 Å². The van der Waals surface area contributed by atoms with Crippen molar-refractivity contribution in [3.63, 3.8) is 0 Å². The predicted octanol–water partition coefficient (Wildman–Crippen LogP) is 3.84. The maximum absolute atomic E-state index is 12.5. The van der Waals surface area contributed by atoms with E-state index >= 15 is 0 Å². The molecule has 3 nitrogen and oxygen atoms in total. The number of nitrogens with one attached hydrogen (secondary N) is 1. The van der Waals surface area contributed by atoms with E-state index in [4.69, 9.17) is 5.26 Å². The average molecular weight is 302 g/mol. The van der Waals surface area contributed by atoms with Gasteiger partial charge in [0.05, 0.1) is 11.6 Å². The molecule has 1 amide bonds. The van der Waals surface area contributed by atoms with E-state index in [0.29, 0.717) is 17.7 Å². The second-order valence-corrected chi connectivity index (χ2v) is 4.97. The van der Waals surface area contributed by atoms with Crippen LogP contribution in [0, 0.1) is 11.3 Å². The second-order valence-electron chi connectivity index (χ2n) is 4.97. The molecule has 2 rings (SSSR count). The highest BCUT2D eigenvalue weighted by Crippen LogP contribution is 2.18. The first-order valence-corrected chi connectivity index (χ1v) is 7.40. The molecule has 0 bridgehead atoms. The Hall–Kier alpha value is -3.12. The van der Waals surface area contributed by atoms with E-state index < -0.39 is 0 Å². The number of carbonyl (C=O) groups is 1. The summed E-state index contributed by atoms with van der Waals surface area (Å²) in [5, 5.41) is 11.6. The van der Waals surface area contributed by atoms with Crippen molar-refractivity contribution < 1.29 is 4.79 Å². The van der Waals surface area contributed by atoms with Gasteiger partial charge in [-0.3, -0.25) is 4.79 Å². The van der Waals surface area contributed by atoms with Crippen molar-refractivity contribution in [2.75, 3.05) is 6.54 Å². The zero-order valence-corrected chi connectivity index (χ0v) is 12.8. The van der Waals surface area contributed by atoms with Gasteiger partial charge in [-0.25, -0.2) is 0 Å². The Balaban J connectivity index is 2.13. The molecule has 2 aromatic carbocycles. The molecule has 0 aromatic heterocycles. The third-order valence-electron chi connectivity index (χ3n) is 3.46. The zero-order valence-electron chi connectivity index (χ0n) is 12.8. The summed E-state index contributed by atoms with van der Waals surface area (Å²) in [5.41, 5.74) is 3.18. The normalized spacial score (nSPS) is 10.2. The van der Waals surface area contributed by atoms with Crippen LogP contribution in [0.3, 0.4) is 0 Å². The fourth-order valence-electron chi connectivity index (χ4n) is 2.34. The molecule has 0 aliphatic rings. The third-order valence-corrected chi connectivity index (χ3v) is 3.46. The van der Waals surface area contributed by atoms with Gasteiger partial charge in [-0.15, -0.1) is 0 Å². The lowest BCUT2D eigenvalue weighted by Crippen LogP contribution is -2.27. The molecule has 0 unspecified atom stereocenters. The Kier molecular flexibility index (Phi) is 5.90. The highest BCUT2D eigenvalue weighted by molar-refractivity contribution is 6.01. The van der Waals surface area contributed by atoms with Crippen LogP contribution in [0.15, 0.2) is 61.2 Å². The monoisotopic (exact) mass is 302 g/mol. The zero-order chi connectivity index (χ0) is 16.5. The minimum absolute atomic E-state index is 0.158. The van der Waals surface area contributed by atoms with Crippen molar-refractivity contribution in [3.05, 3.63) is 83.4 Å². The fourth-order valence-corrected chi connectivity index (χ4v) is 2.34. The Morgan fingerprint density at radius 3 is 2.57 bits per heavy atom. The van der Waals surface area contributed by atoms with Crippen LogP contribution in [-0.2, 0) is 6.42 Å². The Morgan fingerprint density at radius 2 is 1.87 bits per heavy atom. The van der Waals surface area contributed by atoms with E-state index in [1.54, 1.807) is 12.2 Å². The first-order valence-electron chi connectivity index (χ1n) is 7.40. The smallest absolute Gasteiger partial charge is 0.252 e. The van der Waals surface area contributed by atoms with Crippen molar-refractivity contribution in [3.8, 4) is 6.07 Å². The van der Waals surface area contributed by atoms with E-state index in [9.17, 15) is 4.79 Å². The maximum Gasteiger partial charge on any atom is 0.252 e. The molecule has 1 N–H and O–H groups in total. The van der Waals surface area contributed by atoms with Gasteiger partial charge in [-0.05, 0) is 29.2 Å². The summed E-state index contributed by atoms with van der Waals surface area (Å²) in [7, 11) is 0. The SMILES string of the molecule is C=Cc1cccc(C=CC#N)c1C(=O)NCCc1ccccc1. The summed E-state index contributed by atoms with van der Waals surface area (Å²) in [6.45, 7) is 4.31. The number of allylic oxidation sites excluding steroid dienone is 1. The first-order chi connectivity index (χ1) is 11.3. The van der Waals surface area contributed by atoms with Crippen LogP contribution in [0.25, 0.3) is 12.2 Å². The van der Waals surface area contributed by atoms with E-state index in [-0.39, 0.29) is 5.91 Å². The highest BCUT2D eigenvalue weighted by atomic mass is 16.1. The van der Waals surface area contributed by atoms with Gasteiger partial charge in [0, 0.05) is 12.6 Å². The molecule has 0 aliphatic heterocycles. The Labute approximate surface area is 136 Å². The van der Waals surface area contributed by atoms with Gasteiger partial charge in [0.25, 0.3) is 5.91 Å². The van der Waals surface area contributed by atoms with Crippen molar-refractivity contribution in [2.24, 2.45) is 0 Å². The third kappa shape index (κ3) is 4.42. The van der Waals surface area contributed by atoms with Gasteiger partial charge in [0.1, 0.15) is 0 Å². The molecular formula is C20H18N2O. The number of nitriles is 1.